The van der Waals surface area contributed by atoms with Crippen molar-refractivity contribution in [3.63, 3.8) is 0 Å². The van der Waals surface area contributed by atoms with Crippen LogP contribution in [0.5, 0.6) is 0 Å². The van der Waals surface area contributed by atoms with E-state index in [1.807, 2.05) is 6.92 Å². The van der Waals surface area contributed by atoms with Crippen LogP contribution in [0.1, 0.15) is 31.4 Å². The van der Waals surface area contributed by atoms with Gasteiger partial charge in [-0.3, -0.25) is 0 Å². The van der Waals surface area contributed by atoms with Gasteiger partial charge in [0.15, 0.2) is 0 Å². The average Bonchev–Trinajstić information content (AvgIpc) is 2.57. The zero-order valence-corrected chi connectivity index (χ0v) is 10.5. The van der Waals surface area contributed by atoms with Crippen molar-refractivity contribution in [3.05, 3.63) is 11.6 Å². The van der Waals surface area contributed by atoms with E-state index in [0.29, 0.717) is 23.5 Å². The predicted molar refractivity (Wildman–Crippen MR) is 57.3 cm³/mol. The Bertz CT molecular complexity index is 335. The van der Waals surface area contributed by atoms with E-state index in [4.69, 9.17) is 0 Å². The SMILES string of the molecule is CCCn1c(CBr)nnc1CCC(F)(F)F. The van der Waals surface area contributed by atoms with Crippen LogP contribution in [0.3, 0.4) is 0 Å². The molecule has 0 aliphatic carbocycles. The van der Waals surface area contributed by atoms with Gasteiger partial charge in [-0.15, -0.1) is 10.2 Å². The highest BCUT2D eigenvalue weighted by Crippen LogP contribution is 2.22. The largest absolute Gasteiger partial charge is 0.389 e. The first kappa shape index (κ1) is 13.5. The first-order valence-corrected chi connectivity index (χ1v) is 6.13. The van der Waals surface area contributed by atoms with Crippen molar-refractivity contribution in [2.45, 2.75) is 44.2 Å². The molecule has 1 heterocycles. The van der Waals surface area contributed by atoms with Gasteiger partial charge in [0.05, 0.1) is 11.8 Å². The van der Waals surface area contributed by atoms with E-state index in [2.05, 4.69) is 26.1 Å². The molecular weight excluding hydrogens is 287 g/mol. The number of halogens is 4. The van der Waals surface area contributed by atoms with Crippen molar-refractivity contribution < 1.29 is 13.2 Å². The molecule has 0 amide bonds. The molecule has 1 rings (SSSR count). The molecule has 0 N–H and O–H groups in total. The predicted octanol–water partition coefficient (Wildman–Crippen LogP) is 3.08. The first-order chi connectivity index (χ1) is 7.48. The van der Waals surface area contributed by atoms with E-state index in [-0.39, 0.29) is 6.42 Å². The van der Waals surface area contributed by atoms with Crippen LogP contribution in [0.4, 0.5) is 13.2 Å². The molecule has 1 aromatic heterocycles. The molecule has 1 aromatic rings. The fraction of sp³-hybridized carbons (Fsp3) is 0.778. The Morgan fingerprint density at radius 3 is 2.38 bits per heavy atom. The summed E-state index contributed by atoms with van der Waals surface area (Å²) in [6, 6.07) is 0. The number of aromatic nitrogens is 3. The van der Waals surface area contributed by atoms with Crippen LogP contribution in [-0.4, -0.2) is 20.9 Å². The van der Waals surface area contributed by atoms with Crippen molar-refractivity contribution in [1.29, 1.82) is 0 Å². The van der Waals surface area contributed by atoms with Crippen LogP contribution < -0.4 is 0 Å². The van der Waals surface area contributed by atoms with E-state index in [1.165, 1.54) is 0 Å². The quantitative estimate of drug-likeness (QED) is 0.782. The maximum atomic E-state index is 12.1. The summed E-state index contributed by atoms with van der Waals surface area (Å²) < 4.78 is 38.0. The summed E-state index contributed by atoms with van der Waals surface area (Å²) >= 11 is 3.24. The third-order valence-electron chi connectivity index (χ3n) is 2.10. The molecule has 0 bridgehead atoms. The van der Waals surface area contributed by atoms with E-state index >= 15 is 0 Å². The number of rotatable bonds is 5. The van der Waals surface area contributed by atoms with Gasteiger partial charge in [-0.25, -0.2) is 0 Å². The third-order valence-corrected chi connectivity index (χ3v) is 2.60. The molecule has 0 radical (unpaired) electrons. The number of hydrogen-bond acceptors (Lipinski definition) is 2. The van der Waals surface area contributed by atoms with Crippen molar-refractivity contribution in [2.24, 2.45) is 0 Å². The lowest BCUT2D eigenvalue weighted by Crippen LogP contribution is -2.13. The van der Waals surface area contributed by atoms with Crippen molar-refractivity contribution in [3.8, 4) is 0 Å². The van der Waals surface area contributed by atoms with Gasteiger partial charge in [-0.2, -0.15) is 13.2 Å². The second-order valence-corrected chi connectivity index (χ2v) is 3.99. The molecule has 0 saturated carbocycles. The van der Waals surface area contributed by atoms with Gasteiger partial charge in [0.25, 0.3) is 0 Å². The molecule has 16 heavy (non-hydrogen) atoms. The van der Waals surface area contributed by atoms with Gasteiger partial charge in [0.2, 0.25) is 0 Å². The highest BCUT2D eigenvalue weighted by atomic mass is 79.9. The summed E-state index contributed by atoms with van der Waals surface area (Å²) in [4.78, 5) is 0. The molecule has 3 nitrogen and oxygen atoms in total. The van der Waals surface area contributed by atoms with Gasteiger partial charge >= 0.3 is 6.18 Å². The summed E-state index contributed by atoms with van der Waals surface area (Å²) in [5.41, 5.74) is 0. The van der Waals surface area contributed by atoms with Gasteiger partial charge in [0.1, 0.15) is 11.6 Å². The van der Waals surface area contributed by atoms with Crippen LogP contribution in [0, 0.1) is 0 Å². The Morgan fingerprint density at radius 1 is 1.25 bits per heavy atom. The lowest BCUT2D eigenvalue weighted by Gasteiger charge is -2.09. The molecule has 0 unspecified atom stereocenters. The lowest BCUT2D eigenvalue weighted by atomic mass is 10.3. The third kappa shape index (κ3) is 3.77. The number of aryl methyl sites for hydroxylation is 1. The summed E-state index contributed by atoms with van der Waals surface area (Å²) in [7, 11) is 0. The maximum absolute atomic E-state index is 12.1. The standard InChI is InChI=1S/C9H13BrF3N3/c1-2-5-16-7(3-4-9(11,12)13)14-15-8(16)6-10/h2-6H2,1H3. The minimum atomic E-state index is -4.14. The van der Waals surface area contributed by atoms with Crippen LogP contribution in [0.15, 0.2) is 0 Å². The Hall–Kier alpha value is -0.590. The Balaban J connectivity index is 2.75. The molecule has 7 heteroatoms. The van der Waals surface area contributed by atoms with Crippen molar-refractivity contribution >= 4 is 15.9 Å². The molecular formula is C9H13BrF3N3. The van der Waals surface area contributed by atoms with Gasteiger partial charge in [-0.05, 0) is 6.42 Å². The monoisotopic (exact) mass is 299 g/mol. The molecule has 0 aliphatic rings. The fourth-order valence-electron chi connectivity index (χ4n) is 1.39. The van der Waals surface area contributed by atoms with E-state index in [0.717, 1.165) is 6.42 Å². The van der Waals surface area contributed by atoms with Crippen LogP contribution in [-0.2, 0) is 18.3 Å². The van der Waals surface area contributed by atoms with Gasteiger partial charge in [0, 0.05) is 13.0 Å². The topological polar surface area (TPSA) is 30.7 Å². The highest BCUT2D eigenvalue weighted by Gasteiger charge is 2.27. The number of nitrogens with zero attached hydrogens (tertiary/aromatic N) is 3. The minimum absolute atomic E-state index is 0.108. The molecule has 0 spiro atoms. The number of alkyl halides is 4. The first-order valence-electron chi connectivity index (χ1n) is 5.01. The summed E-state index contributed by atoms with van der Waals surface area (Å²) in [6.45, 7) is 2.62. The molecule has 0 saturated heterocycles. The molecule has 92 valence electrons. The second-order valence-electron chi connectivity index (χ2n) is 3.43. The minimum Gasteiger partial charge on any atom is -0.314 e. The molecule has 0 atom stereocenters. The average molecular weight is 300 g/mol. The van der Waals surface area contributed by atoms with Crippen LogP contribution >= 0.6 is 15.9 Å². The normalized spacial score (nSPS) is 12.1. The Kier molecular flexibility index (Phi) is 4.76. The Labute approximate surface area is 100 Å². The second kappa shape index (κ2) is 5.65. The summed E-state index contributed by atoms with van der Waals surface area (Å²) in [5.74, 6) is 1.09. The van der Waals surface area contributed by atoms with Crippen molar-refractivity contribution in [2.75, 3.05) is 0 Å². The Morgan fingerprint density at radius 2 is 1.88 bits per heavy atom. The van der Waals surface area contributed by atoms with Gasteiger partial charge in [-0.1, -0.05) is 22.9 Å². The zero-order chi connectivity index (χ0) is 12.2. The van der Waals surface area contributed by atoms with Crippen molar-refractivity contribution in [1.82, 2.24) is 14.8 Å². The number of hydrogen-bond donors (Lipinski definition) is 0. The summed E-state index contributed by atoms with van der Waals surface area (Å²) in [6.07, 6.45) is -4.25. The fourth-order valence-corrected chi connectivity index (χ4v) is 1.81. The molecule has 0 aromatic carbocycles. The molecule has 0 aliphatic heterocycles. The lowest BCUT2D eigenvalue weighted by molar-refractivity contribution is -0.134. The highest BCUT2D eigenvalue weighted by molar-refractivity contribution is 9.08. The van der Waals surface area contributed by atoms with E-state index in [1.54, 1.807) is 4.57 Å². The van der Waals surface area contributed by atoms with E-state index < -0.39 is 12.6 Å². The smallest absolute Gasteiger partial charge is 0.314 e. The maximum Gasteiger partial charge on any atom is 0.389 e. The zero-order valence-electron chi connectivity index (χ0n) is 8.89. The van der Waals surface area contributed by atoms with E-state index in [9.17, 15) is 13.2 Å². The summed E-state index contributed by atoms with van der Waals surface area (Å²) in [5, 5.41) is 8.15. The van der Waals surface area contributed by atoms with Crippen LogP contribution in [0.25, 0.3) is 0 Å². The van der Waals surface area contributed by atoms with Crippen LogP contribution in [0.2, 0.25) is 0 Å². The van der Waals surface area contributed by atoms with Gasteiger partial charge < -0.3 is 4.57 Å². The molecule has 0 fully saturated rings.